The third kappa shape index (κ3) is 3.35. The van der Waals surface area contributed by atoms with Gasteiger partial charge in [-0.15, -0.1) is 0 Å². The predicted molar refractivity (Wildman–Crippen MR) is 68.5 cm³/mol. The van der Waals surface area contributed by atoms with Crippen LogP contribution < -0.4 is 10.5 Å². The predicted octanol–water partition coefficient (Wildman–Crippen LogP) is 0.678. The van der Waals surface area contributed by atoms with E-state index in [2.05, 4.69) is 16.9 Å². The monoisotopic (exact) mass is 277 g/mol. The van der Waals surface area contributed by atoms with Crippen LogP contribution in [0.1, 0.15) is 5.56 Å². The molecule has 0 saturated carbocycles. The Balaban J connectivity index is 3.06. The lowest BCUT2D eigenvalue weighted by atomic mass is 10.2. The van der Waals surface area contributed by atoms with Gasteiger partial charge in [-0.2, -0.15) is 12.7 Å². The lowest BCUT2D eigenvalue weighted by Crippen LogP contribution is -2.29. The molecule has 0 unspecified atom stereocenters. The van der Waals surface area contributed by atoms with Crippen LogP contribution in [-0.4, -0.2) is 31.8 Å². The molecular weight excluding hydrogens is 265 g/mol. The van der Waals surface area contributed by atoms with Crippen LogP contribution in [0.15, 0.2) is 18.2 Å². The van der Waals surface area contributed by atoms with Crippen molar-refractivity contribution >= 4 is 33.1 Å². The van der Waals surface area contributed by atoms with Gasteiger partial charge in [-0.1, -0.05) is 12.2 Å². The summed E-state index contributed by atoms with van der Waals surface area (Å²) in [5.41, 5.74) is 5.51. The van der Waals surface area contributed by atoms with Crippen LogP contribution in [0, 0.1) is 5.82 Å². The van der Waals surface area contributed by atoms with E-state index < -0.39 is 16.0 Å². The van der Waals surface area contributed by atoms with Crippen molar-refractivity contribution in [2.75, 3.05) is 18.8 Å². The third-order valence-corrected chi connectivity index (χ3v) is 3.65. The second-order valence-corrected chi connectivity index (χ2v) is 5.77. The molecule has 0 spiro atoms. The lowest BCUT2D eigenvalue weighted by Gasteiger charge is -2.14. The Kier molecular flexibility index (Phi) is 4.02. The Bertz CT molecular complexity index is 543. The first-order chi connectivity index (χ1) is 7.74. The molecule has 0 amide bonds. The molecule has 0 aromatic heterocycles. The van der Waals surface area contributed by atoms with Gasteiger partial charge in [0.25, 0.3) is 0 Å². The maximum atomic E-state index is 13.5. The van der Waals surface area contributed by atoms with Crippen molar-refractivity contribution in [3.8, 4) is 0 Å². The average molecular weight is 277 g/mol. The second kappa shape index (κ2) is 4.94. The zero-order valence-electron chi connectivity index (χ0n) is 9.27. The number of nitrogens with two attached hydrogens (primary N) is 1. The van der Waals surface area contributed by atoms with E-state index in [-0.39, 0.29) is 10.7 Å². The summed E-state index contributed by atoms with van der Waals surface area (Å²) in [7, 11) is -1.05. The molecule has 5 nitrogen and oxygen atoms in total. The first kappa shape index (κ1) is 13.8. The molecule has 1 aromatic rings. The van der Waals surface area contributed by atoms with Crippen molar-refractivity contribution in [1.29, 1.82) is 0 Å². The molecule has 0 saturated heterocycles. The molecule has 0 heterocycles. The summed E-state index contributed by atoms with van der Waals surface area (Å²) in [6, 6.07) is 3.79. The molecule has 0 fully saturated rings. The van der Waals surface area contributed by atoms with E-state index in [1.807, 2.05) is 0 Å². The molecule has 0 atom stereocenters. The molecule has 0 bridgehead atoms. The fourth-order valence-corrected chi connectivity index (χ4v) is 1.73. The molecule has 0 aliphatic carbocycles. The molecule has 0 aliphatic rings. The number of hydrogen-bond acceptors (Lipinski definition) is 3. The number of rotatable bonds is 4. The van der Waals surface area contributed by atoms with Gasteiger partial charge in [0, 0.05) is 19.7 Å². The minimum Gasteiger partial charge on any atom is -0.389 e. The van der Waals surface area contributed by atoms with Crippen molar-refractivity contribution in [2.45, 2.75) is 0 Å². The van der Waals surface area contributed by atoms with Crippen molar-refractivity contribution in [3.63, 3.8) is 0 Å². The summed E-state index contributed by atoms with van der Waals surface area (Å²) >= 11 is 4.68. The van der Waals surface area contributed by atoms with Crippen molar-refractivity contribution < 1.29 is 12.8 Å². The molecule has 17 heavy (non-hydrogen) atoms. The number of nitrogens with zero attached hydrogens (tertiary/aromatic N) is 1. The van der Waals surface area contributed by atoms with Gasteiger partial charge in [0.05, 0.1) is 5.69 Å². The number of benzene rings is 1. The zero-order valence-corrected chi connectivity index (χ0v) is 10.9. The minimum atomic E-state index is -3.73. The van der Waals surface area contributed by atoms with Crippen LogP contribution in [-0.2, 0) is 10.2 Å². The second-order valence-electron chi connectivity index (χ2n) is 3.45. The molecule has 1 rings (SSSR count). The normalized spacial score (nSPS) is 11.5. The van der Waals surface area contributed by atoms with E-state index in [0.717, 1.165) is 10.4 Å². The molecule has 8 heteroatoms. The number of hydrogen-bond donors (Lipinski definition) is 2. The first-order valence-electron chi connectivity index (χ1n) is 4.53. The fraction of sp³-hybridized carbons (Fsp3) is 0.222. The van der Waals surface area contributed by atoms with Crippen LogP contribution in [0.2, 0.25) is 0 Å². The van der Waals surface area contributed by atoms with Crippen LogP contribution in [0.3, 0.4) is 0 Å². The number of thiocarbonyl (C=S) groups is 1. The van der Waals surface area contributed by atoms with Crippen LogP contribution in [0.5, 0.6) is 0 Å². The zero-order chi connectivity index (χ0) is 13.2. The largest absolute Gasteiger partial charge is 0.389 e. The summed E-state index contributed by atoms with van der Waals surface area (Å²) in [4.78, 5) is 0.0471. The Morgan fingerprint density at radius 2 is 2.06 bits per heavy atom. The maximum absolute atomic E-state index is 13.5. The Morgan fingerprint density at radius 3 is 2.47 bits per heavy atom. The van der Waals surface area contributed by atoms with Gasteiger partial charge < -0.3 is 5.73 Å². The van der Waals surface area contributed by atoms with Crippen LogP contribution in [0.4, 0.5) is 10.1 Å². The summed E-state index contributed by atoms with van der Waals surface area (Å²) in [6.45, 7) is 0. The van der Waals surface area contributed by atoms with E-state index >= 15 is 0 Å². The Morgan fingerprint density at radius 1 is 1.47 bits per heavy atom. The minimum absolute atomic E-state index is 0.0471. The highest BCUT2D eigenvalue weighted by Crippen LogP contribution is 2.17. The Labute approximate surface area is 105 Å². The first-order valence-corrected chi connectivity index (χ1v) is 6.38. The topological polar surface area (TPSA) is 75.4 Å². The maximum Gasteiger partial charge on any atom is 0.301 e. The van der Waals surface area contributed by atoms with Crippen molar-refractivity contribution in [1.82, 2.24) is 4.31 Å². The summed E-state index contributed by atoms with van der Waals surface area (Å²) in [6.07, 6.45) is 0. The van der Waals surface area contributed by atoms with E-state index in [1.165, 1.54) is 26.2 Å². The summed E-state index contributed by atoms with van der Waals surface area (Å²) in [5.74, 6) is -0.735. The van der Waals surface area contributed by atoms with Gasteiger partial charge in [-0.3, -0.25) is 4.72 Å². The molecular formula is C9H12FN3O2S2. The van der Waals surface area contributed by atoms with Gasteiger partial charge in [-0.25, -0.2) is 4.39 Å². The number of nitrogens with one attached hydrogen (secondary N) is 1. The molecule has 0 radical (unpaired) electrons. The van der Waals surface area contributed by atoms with Gasteiger partial charge in [0.1, 0.15) is 10.8 Å². The summed E-state index contributed by atoms with van der Waals surface area (Å²) in [5, 5.41) is 0. The van der Waals surface area contributed by atoms with Crippen LogP contribution in [0.25, 0.3) is 0 Å². The molecule has 1 aromatic carbocycles. The van der Waals surface area contributed by atoms with Gasteiger partial charge in [0.15, 0.2) is 0 Å². The highest BCUT2D eigenvalue weighted by atomic mass is 32.2. The van der Waals surface area contributed by atoms with E-state index in [0.29, 0.717) is 5.56 Å². The van der Waals surface area contributed by atoms with E-state index in [1.54, 1.807) is 0 Å². The summed E-state index contributed by atoms with van der Waals surface area (Å²) < 4.78 is 39.5. The highest BCUT2D eigenvalue weighted by Gasteiger charge is 2.15. The molecule has 94 valence electrons. The Hall–Kier alpha value is -1.25. The molecule has 3 N–H and O–H groups in total. The average Bonchev–Trinajstić information content (AvgIpc) is 2.20. The quantitative estimate of drug-likeness (QED) is 0.794. The van der Waals surface area contributed by atoms with Gasteiger partial charge in [-0.05, 0) is 18.2 Å². The third-order valence-electron chi connectivity index (χ3n) is 1.97. The van der Waals surface area contributed by atoms with Crippen LogP contribution >= 0.6 is 12.2 Å². The smallest absolute Gasteiger partial charge is 0.301 e. The molecule has 0 aliphatic heterocycles. The standard InChI is InChI=1S/C9H12FN3O2S2/c1-13(2)17(14,15)12-8-4-3-6(9(11)16)5-7(8)10/h3-5,12H,1-2H3,(H2,11,16). The van der Waals surface area contributed by atoms with Gasteiger partial charge in [0.2, 0.25) is 0 Å². The van der Waals surface area contributed by atoms with E-state index in [9.17, 15) is 12.8 Å². The number of halogens is 1. The SMILES string of the molecule is CN(C)S(=O)(=O)Nc1ccc(C(N)=S)cc1F. The fourth-order valence-electron chi connectivity index (χ4n) is 0.981. The number of anilines is 1. The lowest BCUT2D eigenvalue weighted by molar-refractivity contribution is 0.526. The van der Waals surface area contributed by atoms with Crippen molar-refractivity contribution in [3.05, 3.63) is 29.6 Å². The van der Waals surface area contributed by atoms with Crippen molar-refractivity contribution in [2.24, 2.45) is 5.73 Å². The highest BCUT2D eigenvalue weighted by molar-refractivity contribution is 7.90. The van der Waals surface area contributed by atoms with E-state index in [4.69, 9.17) is 5.73 Å². The van der Waals surface area contributed by atoms with Gasteiger partial charge >= 0.3 is 10.2 Å².